The Morgan fingerprint density at radius 2 is 1.93 bits per heavy atom. The molecule has 1 saturated heterocycles. The van der Waals surface area contributed by atoms with E-state index in [2.05, 4.69) is 12.2 Å². The summed E-state index contributed by atoms with van der Waals surface area (Å²) in [5.41, 5.74) is 0.117. The van der Waals surface area contributed by atoms with Gasteiger partial charge in [0.1, 0.15) is 0 Å². The first kappa shape index (κ1) is 11.0. The van der Waals surface area contributed by atoms with E-state index in [-0.39, 0.29) is 11.4 Å². The minimum absolute atomic E-state index is 0.117. The molecule has 0 aromatic carbocycles. The maximum Gasteiger partial charge on any atom is 0.220 e. The third-order valence-electron chi connectivity index (χ3n) is 4.06. The first-order valence-corrected chi connectivity index (χ1v) is 6.49. The number of rotatable bonds is 2. The summed E-state index contributed by atoms with van der Waals surface area (Å²) in [5.74, 6) is 1.11. The monoisotopic (exact) mass is 209 g/mol. The second kappa shape index (κ2) is 4.54. The van der Waals surface area contributed by atoms with Gasteiger partial charge in [0, 0.05) is 12.0 Å². The molecule has 2 nitrogen and oxygen atoms in total. The Labute approximate surface area is 92.8 Å². The van der Waals surface area contributed by atoms with Gasteiger partial charge in [-0.15, -0.1) is 0 Å². The summed E-state index contributed by atoms with van der Waals surface area (Å²) in [5, 5.41) is 3.16. The highest BCUT2D eigenvalue weighted by molar-refractivity contribution is 5.79. The van der Waals surface area contributed by atoms with E-state index in [1.807, 2.05) is 0 Å². The van der Waals surface area contributed by atoms with Gasteiger partial charge in [-0.2, -0.15) is 0 Å². The van der Waals surface area contributed by atoms with Crippen LogP contribution in [0.5, 0.6) is 0 Å². The van der Waals surface area contributed by atoms with E-state index in [1.165, 1.54) is 44.9 Å². The maximum absolute atomic E-state index is 11.3. The highest BCUT2D eigenvalue weighted by Crippen LogP contribution is 2.33. The van der Waals surface area contributed by atoms with Crippen LogP contribution in [0, 0.1) is 5.92 Å². The number of hydrogen-bond donors (Lipinski definition) is 1. The first-order valence-electron chi connectivity index (χ1n) is 6.49. The molecule has 2 heteroatoms. The van der Waals surface area contributed by atoms with E-state index < -0.39 is 0 Å². The van der Waals surface area contributed by atoms with E-state index in [0.29, 0.717) is 0 Å². The van der Waals surface area contributed by atoms with Crippen molar-refractivity contribution in [2.75, 3.05) is 0 Å². The van der Waals surface area contributed by atoms with E-state index in [1.54, 1.807) is 0 Å². The van der Waals surface area contributed by atoms with Crippen molar-refractivity contribution in [3.63, 3.8) is 0 Å². The molecule has 86 valence electrons. The second-order valence-electron chi connectivity index (χ2n) is 5.67. The van der Waals surface area contributed by atoms with Gasteiger partial charge in [0.25, 0.3) is 0 Å². The standard InChI is InChI=1S/C13H23NO/c1-13(9-8-12(15)14-13)10-11-6-4-2-3-5-7-11/h11H,2-10H2,1H3,(H,14,15). The summed E-state index contributed by atoms with van der Waals surface area (Å²) >= 11 is 0. The van der Waals surface area contributed by atoms with Gasteiger partial charge in [-0.3, -0.25) is 4.79 Å². The minimum atomic E-state index is 0.117. The van der Waals surface area contributed by atoms with Crippen LogP contribution in [0.1, 0.15) is 64.7 Å². The molecule has 1 N–H and O–H groups in total. The number of carbonyl (C=O) groups excluding carboxylic acids is 1. The molecule has 15 heavy (non-hydrogen) atoms. The van der Waals surface area contributed by atoms with Crippen LogP contribution in [0.25, 0.3) is 0 Å². The molecule has 1 atom stereocenters. The molecular weight excluding hydrogens is 186 g/mol. The Morgan fingerprint density at radius 1 is 1.27 bits per heavy atom. The molecule has 0 radical (unpaired) electrons. The molecule has 1 heterocycles. The molecule has 1 aliphatic carbocycles. The average Bonchev–Trinajstić information content (AvgIpc) is 2.42. The lowest BCUT2D eigenvalue weighted by Gasteiger charge is -2.28. The zero-order valence-corrected chi connectivity index (χ0v) is 9.85. The molecule has 0 aromatic heterocycles. The highest BCUT2D eigenvalue weighted by Gasteiger charge is 2.34. The summed E-state index contributed by atoms with van der Waals surface area (Å²) in [6, 6.07) is 0. The molecule has 2 rings (SSSR count). The van der Waals surface area contributed by atoms with Crippen molar-refractivity contribution in [3.05, 3.63) is 0 Å². The van der Waals surface area contributed by atoms with E-state index in [0.717, 1.165) is 18.8 Å². The van der Waals surface area contributed by atoms with Crippen LogP contribution < -0.4 is 5.32 Å². The average molecular weight is 209 g/mol. The fraction of sp³-hybridized carbons (Fsp3) is 0.923. The summed E-state index contributed by atoms with van der Waals surface area (Å²) in [7, 11) is 0. The second-order valence-corrected chi connectivity index (χ2v) is 5.67. The Kier molecular flexibility index (Phi) is 3.32. The van der Waals surface area contributed by atoms with Crippen LogP contribution in [0.3, 0.4) is 0 Å². The summed E-state index contributed by atoms with van der Waals surface area (Å²) in [4.78, 5) is 11.3. The van der Waals surface area contributed by atoms with Crippen molar-refractivity contribution in [1.82, 2.24) is 5.32 Å². The van der Waals surface area contributed by atoms with E-state index in [9.17, 15) is 4.79 Å². The molecule has 1 saturated carbocycles. The van der Waals surface area contributed by atoms with Gasteiger partial charge in [0.05, 0.1) is 0 Å². The molecular formula is C13H23NO. The van der Waals surface area contributed by atoms with Gasteiger partial charge in [-0.05, 0) is 25.7 Å². The molecule has 0 bridgehead atoms. The fourth-order valence-electron chi connectivity index (χ4n) is 3.21. The van der Waals surface area contributed by atoms with Gasteiger partial charge < -0.3 is 5.32 Å². The SMILES string of the molecule is CC1(CC2CCCCCC2)CCC(=O)N1. The Morgan fingerprint density at radius 3 is 2.47 bits per heavy atom. The summed E-state index contributed by atoms with van der Waals surface area (Å²) in [6.45, 7) is 2.22. The van der Waals surface area contributed by atoms with Crippen LogP contribution in [-0.4, -0.2) is 11.4 Å². The Balaban J connectivity index is 1.86. The summed E-state index contributed by atoms with van der Waals surface area (Å²) in [6.07, 6.45) is 11.4. The molecule has 2 aliphatic rings. The van der Waals surface area contributed by atoms with Crippen molar-refractivity contribution in [2.24, 2.45) is 5.92 Å². The molecule has 0 aromatic rings. The first-order chi connectivity index (χ1) is 7.18. The smallest absolute Gasteiger partial charge is 0.220 e. The molecule has 2 fully saturated rings. The van der Waals surface area contributed by atoms with E-state index in [4.69, 9.17) is 0 Å². The van der Waals surface area contributed by atoms with Crippen LogP contribution in [0.15, 0.2) is 0 Å². The van der Waals surface area contributed by atoms with Gasteiger partial charge in [0.2, 0.25) is 5.91 Å². The molecule has 1 aliphatic heterocycles. The summed E-state index contributed by atoms with van der Waals surface area (Å²) < 4.78 is 0. The zero-order valence-electron chi connectivity index (χ0n) is 9.85. The van der Waals surface area contributed by atoms with Crippen molar-refractivity contribution >= 4 is 5.91 Å². The largest absolute Gasteiger partial charge is 0.351 e. The van der Waals surface area contributed by atoms with Crippen molar-refractivity contribution in [3.8, 4) is 0 Å². The highest BCUT2D eigenvalue weighted by atomic mass is 16.2. The zero-order chi connectivity index (χ0) is 10.7. The lowest BCUT2D eigenvalue weighted by molar-refractivity contribution is -0.119. The molecule has 1 amide bonds. The van der Waals surface area contributed by atoms with Crippen LogP contribution in [0.4, 0.5) is 0 Å². The van der Waals surface area contributed by atoms with Crippen molar-refractivity contribution in [2.45, 2.75) is 70.3 Å². The predicted molar refractivity (Wildman–Crippen MR) is 61.6 cm³/mol. The third kappa shape index (κ3) is 2.96. The number of amides is 1. The minimum Gasteiger partial charge on any atom is -0.351 e. The molecule has 0 spiro atoms. The molecule has 1 unspecified atom stereocenters. The van der Waals surface area contributed by atoms with Crippen LogP contribution in [0.2, 0.25) is 0 Å². The Bertz CT molecular complexity index is 231. The number of hydrogen-bond acceptors (Lipinski definition) is 1. The fourth-order valence-corrected chi connectivity index (χ4v) is 3.21. The van der Waals surface area contributed by atoms with Crippen molar-refractivity contribution < 1.29 is 4.79 Å². The van der Waals surface area contributed by atoms with Gasteiger partial charge >= 0.3 is 0 Å². The maximum atomic E-state index is 11.3. The third-order valence-corrected chi connectivity index (χ3v) is 4.06. The van der Waals surface area contributed by atoms with Crippen molar-refractivity contribution in [1.29, 1.82) is 0 Å². The number of carbonyl (C=O) groups is 1. The lowest BCUT2D eigenvalue weighted by atomic mass is 9.84. The van der Waals surface area contributed by atoms with Gasteiger partial charge in [-0.25, -0.2) is 0 Å². The topological polar surface area (TPSA) is 29.1 Å². The van der Waals surface area contributed by atoms with Gasteiger partial charge in [0.15, 0.2) is 0 Å². The predicted octanol–water partition coefficient (Wildman–Crippen LogP) is 3.02. The van der Waals surface area contributed by atoms with Crippen LogP contribution in [-0.2, 0) is 4.79 Å². The number of nitrogens with one attached hydrogen (secondary N) is 1. The normalized spacial score (nSPS) is 33.8. The van der Waals surface area contributed by atoms with Crippen LogP contribution >= 0.6 is 0 Å². The van der Waals surface area contributed by atoms with Gasteiger partial charge in [-0.1, -0.05) is 38.5 Å². The van der Waals surface area contributed by atoms with E-state index >= 15 is 0 Å². The quantitative estimate of drug-likeness (QED) is 0.696. The lowest BCUT2D eigenvalue weighted by Crippen LogP contribution is -2.40. The Hall–Kier alpha value is -0.530.